The molecule has 1 aliphatic carbocycles. The Morgan fingerprint density at radius 2 is 1.69 bits per heavy atom. The maximum atomic E-state index is 13.1. The summed E-state index contributed by atoms with van der Waals surface area (Å²) in [7, 11) is -1.58. The predicted molar refractivity (Wildman–Crippen MR) is 115 cm³/mol. The fourth-order valence-electron chi connectivity index (χ4n) is 4.55. The largest absolute Gasteiger partial charge is 0.341 e. The maximum absolute atomic E-state index is 13.1. The van der Waals surface area contributed by atoms with E-state index in [2.05, 4.69) is 4.90 Å². The van der Waals surface area contributed by atoms with Gasteiger partial charge in [-0.15, -0.1) is 0 Å². The summed E-state index contributed by atoms with van der Waals surface area (Å²) in [5, 5.41) is 0. The first-order valence-corrected chi connectivity index (χ1v) is 12.2. The fourth-order valence-corrected chi connectivity index (χ4v) is 6.29. The van der Waals surface area contributed by atoms with Gasteiger partial charge in [-0.1, -0.05) is 31.4 Å². The number of aryl methyl sites for hydroxylation is 2. The number of piperazine rings is 1. The van der Waals surface area contributed by atoms with Crippen molar-refractivity contribution in [3.05, 3.63) is 29.3 Å². The molecule has 0 aromatic heterocycles. The van der Waals surface area contributed by atoms with Crippen LogP contribution >= 0.6 is 0 Å². The number of hydrogen-bond acceptors (Lipinski definition) is 4. The Labute approximate surface area is 175 Å². The molecule has 1 saturated carbocycles. The van der Waals surface area contributed by atoms with Crippen molar-refractivity contribution in [2.75, 3.05) is 33.2 Å². The average molecular weight is 422 g/mol. The Morgan fingerprint density at radius 1 is 1.07 bits per heavy atom. The molecule has 29 heavy (non-hydrogen) atoms. The van der Waals surface area contributed by atoms with Crippen LogP contribution in [-0.2, 0) is 14.8 Å². The second-order valence-corrected chi connectivity index (χ2v) is 10.5. The highest BCUT2D eigenvalue weighted by molar-refractivity contribution is 7.89. The van der Waals surface area contributed by atoms with Crippen LogP contribution in [0.5, 0.6) is 0 Å². The minimum Gasteiger partial charge on any atom is -0.341 e. The number of likely N-dealkylation sites (N-methyl/N-ethyl adjacent to an activating group) is 1. The first kappa shape index (κ1) is 22.2. The first-order chi connectivity index (χ1) is 13.7. The molecule has 0 bridgehead atoms. The van der Waals surface area contributed by atoms with Crippen molar-refractivity contribution >= 4 is 15.9 Å². The van der Waals surface area contributed by atoms with Gasteiger partial charge in [-0.05, 0) is 50.8 Å². The van der Waals surface area contributed by atoms with Crippen LogP contribution < -0.4 is 0 Å². The Morgan fingerprint density at radius 3 is 2.31 bits per heavy atom. The molecule has 1 atom stereocenters. The molecule has 0 unspecified atom stereocenters. The number of amides is 1. The smallest absolute Gasteiger partial charge is 0.243 e. The Balaban J connectivity index is 1.62. The number of benzene rings is 1. The van der Waals surface area contributed by atoms with Gasteiger partial charge in [0.05, 0.1) is 10.9 Å². The van der Waals surface area contributed by atoms with E-state index < -0.39 is 10.0 Å². The number of carbonyl (C=O) groups excluding carboxylic acids is 1. The molecule has 0 N–H and O–H groups in total. The zero-order valence-corrected chi connectivity index (χ0v) is 19.0. The lowest BCUT2D eigenvalue weighted by Crippen LogP contribution is -2.56. The number of sulfonamides is 1. The van der Waals surface area contributed by atoms with Gasteiger partial charge in [0.2, 0.25) is 15.9 Å². The lowest BCUT2D eigenvalue weighted by molar-refractivity contribution is -0.138. The summed E-state index contributed by atoms with van der Waals surface area (Å²) < 4.78 is 27.8. The molecule has 1 saturated heterocycles. The van der Waals surface area contributed by atoms with Gasteiger partial charge < -0.3 is 4.90 Å². The van der Waals surface area contributed by atoms with Crippen LogP contribution in [0.3, 0.4) is 0 Å². The molecule has 2 fully saturated rings. The van der Waals surface area contributed by atoms with Gasteiger partial charge in [0.1, 0.15) is 0 Å². The van der Waals surface area contributed by atoms with Crippen molar-refractivity contribution in [1.29, 1.82) is 0 Å². The SMILES string of the molecule is Cc1ccc(C)c(S(=O)(=O)N2CCN([C@H](C)C(=O)N(C)C3CCCCC3)CC2)c1. The molecular formula is C22H35N3O3S. The molecule has 3 rings (SSSR count). The third kappa shape index (κ3) is 4.84. The number of carbonyl (C=O) groups is 1. The van der Waals surface area contributed by atoms with Gasteiger partial charge >= 0.3 is 0 Å². The highest BCUT2D eigenvalue weighted by atomic mass is 32.2. The van der Waals surface area contributed by atoms with E-state index in [-0.39, 0.29) is 11.9 Å². The fraction of sp³-hybridized carbons (Fsp3) is 0.682. The van der Waals surface area contributed by atoms with E-state index in [4.69, 9.17) is 0 Å². The second-order valence-electron chi connectivity index (χ2n) is 8.63. The maximum Gasteiger partial charge on any atom is 0.243 e. The lowest BCUT2D eigenvalue weighted by atomic mass is 9.94. The molecule has 2 aliphatic rings. The molecule has 1 aromatic carbocycles. The minimum atomic E-state index is -3.51. The normalized spacial score (nSPS) is 21.1. The summed E-state index contributed by atoms with van der Waals surface area (Å²) in [4.78, 5) is 17.4. The van der Waals surface area contributed by atoms with Gasteiger partial charge in [0, 0.05) is 39.3 Å². The third-order valence-corrected chi connectivity index (χ3v) is 8.65. The minimum absolute atomic E-state index is 0.155. The molecule has 6 nitrogen and oxygen atoms in total. The molecule has 1 heterocycles. The molecule has 162 valence electrons. The Bertz CT molecular complexity index is 826. The molecule has 0 radical (unpaired) electrons. The van der Waals surface area contributed by atoms with E-state index in [1.807, 2.05) is 44.9 Å². The van der Waals surface area contributed by atoms with Crippen molar-refractivity contribution in [2.45, 2.75) is 69.9 Å². The van der Waals surface area contributed by atoms with Crippen LogP contribution in [0.4, 0.5) is 0 Å². The van der Waals surface area contributed by atoms with E-state index in [9.17, 15) is 13.2 Å². The monoisotopic (exact) mass is 421 g/mol. The third-order valence-electron chi connectivity index (χ3n) is 6.61. The van der Waals surface area contributed by atoms with E-state index in [0.717, 1.165) is 24.0 Å². The standard InChI is InChI=1S/C22H35N3O3S/c1-17-10-11-18(2)21(16-17)29(27,28)25-14-12-24(13-15-25)19(3)22(26)23(4)20-8-6-5-7-9-20/h10-11,16,19-20H,5-9,12-15H2,1-4H3/t19-/m1/s1. The van der Waals surface area contributed by atoms with Crippen molar-refractivity contribution in [3.63, 3.8) is 0 Å². The topological polar surface area (TPSA) is 60.9 Å². The van der Waals surface area contributed by atoms with Crippen LogP contribution in [0.1, 0.15) is 50.2 Å². The molecule has 1 aliphatic heterocycles. The summed E-state index contributed by atoms with van der Waals surface area (Å²) in [5.74, 6) is 0.155. The molecule has 1 amide bonds. The summed E-state index contributed by atoms with van der Waals surface area (Å²) in [6, 6.07) is 5.68. The van der Waals surface area contributed by atoms with E-state index in [0.29, 0.717) is 37.1 Å². The van der Waals surface area contributed by atoms with E-state index in [1.54, 1.807) is 10.4 Å². The van der Waals surface area contributed by atoms with Gasteiger partial charge in [0.15, 0.2) is 0 Å². The molecule has 0 spiro atoms. The average Bonchev–Trinajstić information content (AvgIpc) is 2.74. The lowest BCUT2D eigenvalue weighted by Gasteiger charge is -2.40. The summed E-state index contributed by atoms with van der Waals surface area (Å²) in [5.41, 5.74) is 1.72. The van der Waals surface area contributed by atoms with Crippen LogP contribution in [0.15, 0.2) is 23.1 Å². The van der Waals surface area contributed by atoms with Crippen LogP contribution in [0.25, 0.3) is 0 Å². The van der Waals surface area contributed by atoms with E-state index in [1.165, 1.54) is 19.3 Å². The predicted octanol–water partition coefficient (Wildman–Crippen LogP) is 2.79. The Hall–Kier alpha value is -1.44. The quantitative estimate of drug-likeness (QED) is 0.734. The van der Waals surface area contributed by atoms with Crippen LogP contribution in [-0.4, -0.2) is 73.7 Å². The van der Waals surface area contributed by atoms with Crippen molar-refractivity contribution in [3.8, 4) is 0 Å². The summed E-state index contributed by atoms with van der Waals surface area (Å²) >= 11 is 0. The second kappa shape index (κ2) is 9.14. The number of hydrogen-bond donors (Lipinski definition) is 0. The Kier molecular flexibility index (Phi) is 7.02. The molecule has 1 aromatic rings. The zero-order chi connectivity index (χ0) is 21.2. The molecule has 7 heteroatoms. The van der Waals surface area contributed by atoms with Gasteiger partial charge in [-0.3, -0.25) is 9.69 Å². The van der Waals surface area contributed by atoms with Gasteiger partial charge in [-0.25, -0.2) is 8.42 Å². The van der Waals surface area contributed by atoms with E-state index >= 15 is 0 Å². The van der Waals surface area contributed by atoms with Crippen molar-refractivity contribution in [2.24, 2.45) is 0 Å². The van der Waals surface area contributed by atoms with Crippen LogP contribution in [0.2, 0.25) is 0 Å². The first-order valence-electron chi connectivity index (χ1n) is 10.8. The highest BCUT2D eigenvalue weighted by Gasteiger charge is 2.34. The van der Waals surface area contributed by atoms with Crippen molar-refractivity contribution < 1.29 is 13.2 Å². The summed E-state index contributed by atoms with van der Waals surface area (Å²) in [6.45, 7) is 7.69. The summed E-state index contributed by atoms with van der Waals surface area (Å²) in [6.07, 6.45) is 5.86. The van der Waals surface area contributed by atoms with Gasteiger partial charge in [0.25, 0.3) is 0 Å². The van der Waals surface area contributed by atoms with Gasteiger partial charge in [-0.2, -0.15) is 4.31 Å². The number of nitrogens with zero attached hydrogens (tertiary/aromatic N) is 3. The number of rotatable bonds is 5. The zero-order valence-electron chi connectivity index (χ0n) is 18.2. The van der Waals surface area contributed by atoms with Crippen molar-refractivity contribution in [1.82, 2.24) is 14.1 Å². The highest BCUT2D eigenvalue weighted by Crippen LogP contribution is 2.25. The van der Waals surface area contributed by atoms with Crippen LogP contribution in [0, 0.1) is 13.8 Å². The molecular weight excluding hydrogens is 386 g/mol.